The Labute approximate surface area is 92.5 Å². The molecule has 1 rings (SSSR count). The Morgan fingerprint density at radius 2 is 2.13 bits per heavy atom. The summed E-state index contributed by atoms with van der Waals surface area (Å²) in [5.74, 6) is -0.837. The van der Waals surface area contributed by atoms with Crippen LogP contribution in [0.3, 0.4) is 0 Å². The zero-order valence-electron chi connectivity index (χ0n) is 8.26. The van der Waals surface area contributed by atoms with Crippen LogP contribution in [-0.4, -0.2) is 25.2 Å². The molecule has 1 aromatic heterocycles. The molecular weight excluding hydrogens is 236 g/mol. The van der Waals surface area contributed by atoms with E-state index in [1.165, 1.54) is 6.07 Å². The van der Waals surface area contributed by atoms with Gasteiger partial charge in [0.25, 0.3) is 0 Å². The maximum atomic E-state index is 11.6. The summed E-state index contributed by atoms with van der Waals surface area (Å²) in [4.78, 5) is 11.0. The van der Waals surface area contributed by atoms with Crippen molar-refractivity contribution in [2.45, 2.75) is 24.0 Å². The Kier molecular flexibility index (Phi) is 3.87. The molecule has 6 heteroatoms. The summed E-state index contributed by atoms with van der Waals surface area (Å²) in [6.45, 7) is 1.79. The van der Waals surface area contributed by atoms with Crippen LogP contribution in [0.2, 0.25) is 0 Å². The van der Waals surface area contributed by atoms with E-state index < -0.39 is 15.8 Å². The Hall–Kier alpha value is -0.880. The molecule has 1 N–H and O–H groups in total. The van der Waals surface area contributed by atoms with Crippen molar-refractivity contribution in [1.82, 2.24) is 0 Å². The molecule has 0 fully saturated rings. The molecule has 4 nitrogen and oxygen atoms in total. The number of hydrogen-bond donors (Lipinski definition) is 1. The molecule has 0 spiro atoms. The van der Waals surface area contributed by atoms with E-state index in [-0.39, 0.29) is 16.4 Å². The van der Waals surface area contributed by atoms with Gasteiger partial charge in [0.05, 0.1) is 12.2 Å². The fourth-order valence-electron chi connectivity index (χ4n) is 1.14. The van der Waals surface area contributed by atoms with Crippen molar-refractivity contribution in [3.05, 3.63) is 17.0 Å². The molecule has 0 saturated heterocycles. The largest absolute Gasteiger partial charge is 0.481 e. The monoisotopic (exact) mass is 248 g/mol. The van der Waals surface area contributed by atoms with Crippen LogP contribution < -0.4 is 0 Å². The van der Waals surface area contributed by atoms with Crippen LogP contribution in [0.1, 0.15) is 18.2 Å². The van der Waals surface area contributed by atoms with Crippen molar-refractivity contribution >= 4 is 27.1 Å². The average Bonchev–Trinajstić information content (AvgIpc) is 2.51. The summed E-state index contributed by atoms with van der Waals surface area (Å²) in [6, 6.07) is 3.04. The number of carboxylic acid groups (broad SMARTS) is 1. The molecule has 0 aliphatic rings. The van der Waals surface area contributed by atoms with Gasteiger partial charge in [-0.1, -0.05) is 6.92 Å². The Morgan fingerprint density at radius 3 is 2.67 bits per heavy atom. The Bertz CT molecular complexity index is 444. The first kappa shape index (κ1) is 12.2. The molecule has 1 heterocycles. The third-order valence-corrected chi connectivity index (χ3v) is 5.33. The van der Waals surface area contributed by atoms with Gasteiger partial charge in [-0.3, -0.25) is 4.79 Å². The molecule has 0 bridgehead atoms. The van der Waals surface area contributed by atoms with E-state index in [4.69, 9.17) is 5.11 Å². The summed E-state index contributed by atoms with van der Waals surface area (Å²) in [5.41, 5.74) is 0. The van der Waals surface area contributed by atoms with Crippen molar-refractivity contribution in [3.8, 4) is 0 Å². The van der Waals surface area contributed by atoms with Gasteiger partial charge in [0.15, 0.2) is 9.84 Å². The number of aliphatic carboxylic acids is 1. The van der Waals surface area contributed by atoms with Gasteiger partial charge in [-0.05, 0) is 18.6 Å². The van der Waals surface area contributed by atoms with Crippen LogP contribution in [0, 0.1) is 0 Å². The van der Waals surface area contributed by atoms with E-state index in [1.807, 2.05) is 0 Å². The predicted octanol–water partition coefficient (Wildman–Crippen LogP) is 1.56. The van der Waals surface area contributed by atoms with Crippen molar-refractivity contribution < 1.29 is 18.3 Å². The minimum absolute atomic E-state index is 0.111. The molecule has 0 aliphatic carbocycles. The molecule has 0 saturated carbocycles. The standard InChI is InChI=1S/C9H12O4S2/c1-2-5-15(12,13)9-4-3-7(14-9)6-8(10)11/h3-4H,2,5-6H2,1H3,(H,10,11). The van der Waals surface area contributed by atoms with Gasteiger partial charge < -0.3 is 5.11 Å². The minimum atomic E-state index is -3.20. The topological polar surface area (TPSA) is 71.4 Å². The van der Waals surface area contributed by atoms with Gasteiger partial charge in [0.2, 0.25) is 0 Å². The second-order valence-electron chi connectivity index (χ2n) is 3.11. The first-order chi connectivity index (χ1) is 6.95. The lowest BCUT2D eigenvalue weighted by molar-refractivity contribution is -0.136. The van der Waals surface area contributed by atoms with Crippen LogP contribution in [0.4, 0.5) is 0 Å². The summed E-state index contributed by atoms with van der Waals surface area (Å²) in [6.07, 6.45) is 0.445. The average molecular weight is 248 g/mol. The van der Waals surface area contributed by atoms with Crippen LogP contribution in [0.25, 0.3) is 0 Å². The Morgan fingerprint density at radius 1 is 1.47 bits per heavy atom. The summed E-state index contributed by atoms with van der Waals surface area (Å²) < 4.78 is 23.5. The van der Waals surface area contributed by atoms with Crippen LogP contribution in [0.15, 0.2) is 16.3 Å². The van der Waals surface area contributed by atoms with Gasteiger partial charge in [-0.25, -0.2) is 8.42 Å². The molecule has 0 unspecified atom stereocenters. The smallest absolute Gasteiger partial charge is 0.308 e. The summed E-state index contributed by atoms with van der Waals surface area (Å²) >= 11 is 1.04. The van der Waals surface area contributed by atoms with Gasteiger partial charge in [0.1, 0.15) is 4.21 Å². The highest BCUT2D eigenvalue weighted by Gasteiger charge is 2.16. The number of sulfone groups is 1. The van der Waals surface area contributed by atoms with E-state index >= 15 is 0 Å². The normalized spacial score (nSPS) is 11.5. The zero-order chi connectivity index (χ0) is 11.5. The SMILES string of the molecule is CCCS(=O)(=O)c1ccc(CC(=O)O)s1. The van der Waals surface area contributed by atoms with Crippen LogP contribution in [-0.2, 0) is 21.1 Å². The van der Waals surface area contributed by atoms with Gasteiger partial charge >= 0.3 is 5.97 Å². The van der Waals surface area contributed by atoms with Crippen molar-refractivity contribution in [3.63, 3.8) is 0 Å². The number of hydrogen-bond acceptors (Lipinski definition) is 4. The van der Waals surface area contributed by atoms with Gasteiger partial charge in [-0.2, -0.15) is 0 Å². The van der Waals surface area contributed by atoms with E-state index in [1.54, 1.807) is 13.0 Å². The second-order valence-corrected chi connectivity index (χ2v) is 6.61. The predicted molar refractivity (Wildman–Crippen MR) is 58.0 cm³/mol. The lowest BCUT2D eigenvalue weighted by Gasteiger charge is -1.97. The van der Waals surface area contributed by atoms with E-state index in [9.17, 15) is 13.2 Å². The lowest BCUT2D eigenvalue weighted by atomic mass is 10.3. The summed E-state index contributed by atoms with van der Waals surface area (Å²) in [5, 5.41) is 8.54. The number of rotatable bonds is 5. The first-order valence-electron chi connectivity index (χ1n) is 4.49. The van der Waals surface area contributed by atoms with Crippen molar-refractivity contribution in [1.29, 1.82) is 0 Å². The zero-order valence-corrected chi connectivity index (χ0v) is 9.90. The highest BCUT2D eigenvalue weighted by molar-refractivity contribution is 7.93. The van der Waals surface area contributed by atoms with Crippen LogP contribution >= 0.6 is 11.3 Å². The first-order valence-corrected chi connectivity index (χ1v) is 6.96. The fourth-order valence-corrected chi connectivity index (χ4v) is 3.96. The van der Waals surface area contributed by atoms with Crippen molar-refractivity contribution in [2.24, 2.45) is 0 Å². The van der Waals surface area contributed by atoms with Crippen molar-refractivity contribution in [2.75, 3.05) is 5.75 Å². The Balaban J connectivity index is 2.89. The maximum Gasteiger partial charge on any atom is 0.308 e. The third-order valence-electron chi connectivity index (χ3n) is 1.74. The molecule has 0 amide bonds. The van der Waals surface area contributed by atoms with Gasteiger partial charge in [0, 0.05) is 4.88 Å². The molecule has 0 aliphatic heterocycles. The molecule has 0 radical (unpaired) electrons. The highest BCUT2D eigenvalue weighted by atomic mass is 32.2. The van der Waals surface area contributed by atoms with E-state index in [0.29, 0.717) is 11.3 Å². The van der Waals surface area contributed by atoms with E-state index in [0.717, 1.165) is 11.3 Å². The van der Waals surface area contributed by atoms with Crippen LogP contribution in [0.5, 0.6) is 0 Å². The van der Waals surface area contributed by atoms with Gasteiger partial charge in [-0.15, -0.1) is 11.3 Å². The lowest BCUT2D eigenvalue weighted by Crippen LogP contribution is -2.03. The minimum Gasteiger partial charge on any atom is -0.481 e. The maximum absolute atomic E-state index is 11.6. The molecule has 84 valence electrons. The fraction of sp³-hybridized carbons (Fsp3) is 0.444. The second kappa shape index (κ2) is 4.76. The number of carbonyl (C=O) groups is 1. The molecule has 0 aromatic carbocycles. The molecular formula is C9H12O4S2. The van der Waals surface area contributed by atoms with E-state index in [2.05, 4.69) is 0 Å². The number of carboxylic acids is 1. The molecule has 15 heavy (non-hydrogen) atoms. The highest BCUT2D eigenvalue weighted by Crippen LogP contribution is 2.23. The quantitative estimate of drug-likeness (QED) is 0.858. The number of thiophene rings is 1. The molecule has 1 aromatic rings. The molecule has 0 atom stereocenters. The third kappa shape index (κ3) is 3.32. The summed E-state index contributed by atoms with van der Waals surface area (Å²) in [7, 11) is -3.20.